The number of thiazole rings is 1. The van der Waals surface area contributed by atoms with Crippen molar-refractivity contribution in [1.29, 1.82) is 0 Å². The third-order valence-electron chi connectivity index (χ3n) is 2.33. The molecule has 0 bridgehead atoms. The van der Waals surface area contributed by atoms with E-state index in [0.717, 1.165) is 4.70 Å². The van der Waals surface area contributed by atoms with Crippen molar-refractivity contribution in [2.24, 2.45) is 5.73 Å². The number of rotatable bonds is 4. The molecule has 2 rings (SSSR count). The van der Waals surface area contributed by atoms with Crippen molar-refractivity contribution in [2.75, 3.05) is 18.5 Å². The fourth-order valence-corrected chi connectivity index (χ4v) is 2.41. The molecule has 6 nitrogen and oxygen atoms in total. The van der Waals surface area contributed by atoms with Crippen LogP contribution in [-0.2, 0) is 9.53 Å². The number of carbonyl (C=O) groups excluding carboxylic acids is 2. The summed E-state index contributed by atoms with van der Waals surface area (Å²) in [7, 11) is 0. The van der Waals surface area contributed by atoms with E-state index in [2.05, 4.69) is 10.3 Å². The Kier molecular flexibility index (Phi) is 4.08. The van der Waals surface area contributed by atoms with Crippen LogP contribution in [0.15, 0.2) is 18.2 Å². The van der Waals surface area contributed by atoms with E-state index in [9.17, 15) is 9.59 Å². The smallest absolute Gasteiger partial charge is 0.338 e. The lowest BCUT2D eigenvalue weighted by Crippen LogP contribution is -2.21. The molecular formula is C12H13N3O3S. The number of fused-ring (bicyclic) bond motifs is 1. The van der Waals surface area contributed by atoms with Crippen LogP contribution in [0.3, 0.4) is 0 Å². The molecule has 0 saturated heterocycles. The molecule has 0 aliphatic heterocycles. The lowest BCUT2D eigenvalue weighted by atomic mass is 10.2. The van der Waals surface area contributed by atoms with Crippen LogP contribution < -0.4 is 11.1 Å². The minimum absolute atomic E-state index is 0.0933. The molecule has 0 aliphatic rings. The molecule has 0 fully saturated rings. The summed E-state index contributed by atoms with van der Waals surface area (Å²) in [5.74, 6) is -0.671. The Morgan fingerprint density at radius 1 is 1.47 bits per heavy atom. The molecule has 2 aromatic rings. The second-order valence-electron chi connectivity index (χ2n) is 3.67. The summed E-state index contributed by atoms with van der Waals surface area (Å²) < 4.78 is 5.73. The maximum absolute atomic E-state index is 11.6. The molecule has 3 N–H and O–H groups in total. The summed E-state index contributed by atoms with van der Waals surface area (Å²) in [5, 5.41) is 3.05. The number of esters is 1. The monoisotopic (exact) mass is 279 g/mol. The number of hydrogen-bond acceptors (Lipinski definition) is 6. The summed E-state index contributed by atoms with van der Waals surface area (Å²) in [6.45, 7) is 1.99. The minimum Gasteiger partial charge on any atom is -0.462 e. The fraction of sp³-hybridized carbons (Fsp3) is 0.250. The van der Waals surface area contributed by atoms with Gasteiger partial charge in [-0.25, -0.2) is 9.78 Å². The standard InChI is InChI=1S/C12H13N3O3S/c1-2-18-11(17)7-3-4-8-9(5-7)19-12(14-8)15-10(16)6-13/h3-5H,2,6,13H2,1H3,(H,14,15,16). The number of ether oxygens (including phenoxy) is 1. The Labute approximate surface area is 113 Å². The zero-order chi connectivity index (χ0) is 13.8. The highest BCUT2D eigenvalue weighted by Gasteiger charge is 2.11. The van der Waals surface area contributed by atoms with Gasteiger partial charge in [0.2, 0.25) is 5.91 Å². The third-order valence-corrected chi connectivity index (χ3v) is 3.26. The molecule has 7 heteroatoms. The molecule has 100 valence electrons. The van der Waals surface area contributed by atoms with Crippen molar-refractivity contribution in [3.8, 4) is 0 Å². The maximum atomic E-state index is 11.6. The summed E-state index contributed by atoms with van der Waals surface area (Å²) in [6.07, 6.45) is 0. The van der Waals surface area contributed by atoms with Gasteiger partial charge in [0, 0.05) is 0 Å². The number of aromatic nitrogens is 1. The first kappa shape index (κ1) is 13.4. The van der Waals surface area contributed by atoms with Crippen LogP contribution in [0.4, 0.5) is 5.13 Å². The average Bonchev–Trinajstić information content (AvgIpc) is 2.79. The van der Waals surface area contributed by atoms with Gasteiger partial charge in [0.1, 0.15) is 0 Å². The van der Waals surface area contributed by atoms with Gasteiger partial charge in [-0.05, 0) is 25.1 Å². The van der Waals surface area contributed by atoms with Crippen molar-refractivity contribution >= 4 is 38.6 Å². The van der Waals surface area contributed by atoms with Gasteiger partial charge >= 0.3 is 5.97 Å². The predicted molar refractivity (Wildman–Crippen MR) is 73.3 cm³/mol. The highest BCUT2D eigenvalue weighted by Crippen LogP contribution is 2.26. The van der Waals surface area contributed by atoms with Gasteiger partial charge in [0.15, 0.2) is 5.13 Å². The maximum Gasteiger partial charge on any atom is 0.338 e. The van der Waals surface area contributed by atoms with E-state index in [1.54, 1.807) is 25.1 Å². The van der Waals surface area contributed by atoms with Gasteiger partial charge in [0.25, 0.3) is 0 Å². The topological polar surface area (TPSA) is 94.3 Å². The van der Waals surface area contributed by atoms with Crippen molar-refractivity contribution in [1.82, 2.24) is 4.98 Å². The van der Waals surface area contributed by atoms with Crippen LogP contribution >= 0.6 is 11.3 Å². The lowest BCUT2D eigenvalue weighted by molar-refractivity contribution is -0.114. The molecule has 1 aromatic heterocycles. The molecule has 1 amide bonds. The summed E-state index contributed by atoms with van der Waals surface area (Å²) in [6, 6.07) is 5.06. The lowest BCUT2D eigenvalue weighted by Gasteiger charge is -2.00. The number of hydrogen-bond donors (Lipinski definition) is 2. The molecule has 1 aromatic carbocycles. The highest BCUT2D eigenvalue weighted by molar-refractivity contribution is 7.22. The number of nitrogens with one attached hydrogen (secondary N) is 1. The molecule has 0 atom stereocenters. The number of amides is 1. The van der Waals surface area contributed by atoms with E-state index >= 15 is 0 Å². The van der Waals surface area contributed by atoms with E-state index in [0.29, 0.717) is 22.8 Å². The van der Waals surface area contributed by atoms with Gasteiger partial charge in [-0.15, -0.1) is 0 Å². The average molecular weight is 279 g/mol. The SMILES string of the molecule is CCOC(=O)c1ccc2nc(NC(=O)CN)sc2c1. The summed E-state index contributed by atoms with van der Waals surface area (Å²) in [4.78, 5) is 27.0. The normalized spacial score (nSPS) is 10.4. The summed E-state index contributed by atoms with van der Waals surface area (Å²) >= 11 is 1.28. The predicted octanol–water partition coefficient (Wildman–Crippen LogP) is 1.37. The Morgan fingerprint density at radius 2 is 2.26 bits per heavy atom. The van der Waals surface area contributed by atoms with Crippen LogP contribution in [0, 0.1) is 0 Å². The highest BCUT2D eigenvalue weighted by atomic mass is 32.1. The number of benzene rings is 1. The van der Waals surface area contributed by atoms with E-state index < -0.39 is 0 Å². The third kappa shape index (κ3) is 3.07. The quantitative estimate of drug-likeness (QED) is 0.824. The number of anilines is 1. The van der Waals surface area contributed by atoms with Crippen LogP contribution in [0.2, 0.25) is 0 Å². The van der Waals surface area contributed by atoms with Gasteiger partial charge in [0.05, 0.1) is 28.9 Å². The second kappa shape index (κ2) is 5.77. The Balaban J connectivity index is 2.28. The molecule has 19 heavy (non-hydrogen) atoms. The van der Waals surface area contributed by atoms with Crippen molar-refractivity contribution in [3.05, 3.63) is 23.8 Å². The minimum atomic E-state index is -0.370. The molecule has 0 radical (unpaired) electrons. The van der Waals surface area contributed by atoms with E-state index in [1.165, 1.54) is 11.3 Å². The fourth-order valence-electron chi connectivity index (χ4n) is 1.49. The first-order valence-corrected chi connectivity index (χ1v) is 6.53. The largest absolute Gasteiger partial charge is 0.462 e. The van der Waals surface area contributed by atoms with E-state index in [1.807, 2.05) is 0 Å². The zero-order valence-electron chi connectivity index (χ0n) is 10.3. The Hall–Kier alpha value is -1.99. The van der Waals surface area contributed by atoms with Crippen LogP contribution in [-0.4, -0.2) is 30.0 Å². The van der Waals surface area contributed by atoms with Gasteiger partial charge in [-0.2, -0.15) is 0 Å². The van der Waals surface area contributed by atoms with Crippen LogP contribution in [0.1, 0.15) is 17.3 Å². The number of nitrogens with zero attached hydrogens (tertiary/aromatic N) is 1. The van der Waals surface area contributed by atoms with E-state index in [4.69, 9.17) is 10.5 Å². The van der Waals surface area contributed by atoms with Gasteiger partial charge in [-0.3, -0.25) is 4.79 Å². The van der Waals surface area contributed by atoms with E-state index in [-0.39, 0.29) is 18.4 Å². The van der Waals surface area contributed by atoms with Gasteiger partial charge < -0.3 is 15.8 Å². The molecule has 0 unspecified atom stereocenters. The van der Waals surface area contributed by atoms with Crippen molar-refractivity contribution < 1.29 is 14.3 Å². The van der Waals surface area contributed by atoms with Crippen LogP contribution in [0.25, 0.3) is 10.2 Å². The molecule has 0 saturated carbocycles. The van der Waals surface area contributed by atoms with Crippen LogP contribution in [0.5, 0.6) is 0 Å². The van der Waals surface area contributed by atoms with Crippen molar-refractivity contribution in [3.63, 3.8) is 0 Å². The molecular weight excluding hydrogens is 266 g/mol. The zero-order valence-corrected chi connectivity index (χ0v) is 11.1. The number of nitrogens with two attached hydrogens (primary N) is 1. The first-order chi connectivity index (χ1) is 9.13. The number of carbonyl (C=O) groups is 2. The molecule has 0 aliphatic carbocycles. The Bertz CT molecular complexity index is 624. The molecule has 0 spiro atoms. The molecule has 1 heterocycles. The Morgan fingerprint density at radius 3 is 2.95 bits per heavy atom. The van der Waals surface area contributed by atoms with Crippen molar-refractivity contribution in [2.45, 2.75) is 6.92 Å². The van der Waals surface area contributed by atoms with Gasteiger partial charge in [-0.1, -0.05) is 11.3 Å². The first-order valence-electron chi connectivity index (χ1n) is 5.71. The summed E-state index contributed by atoms with van der Waals surface area (Å²) in [5.41, 5.74) is 6.40. The second-order valence-corrected chi connectivity index (χ2v) is 4.70.